The van der Waals surface area contributed by atoms with Gasteiger partial charge in [0.15, 0.2) is 0 Å². The number of piperidine rings is 1. The van der Waals surface area contributed by atoms with E-state index in [4.69, 9.17) is 4.74 Å². The van der Waals surface area contributed by atoms with E-state index in [-0.39, 0.29) is 17.9 Å². The molecule has 1 fully saturated rings. The number of hydrogen-bond donors (Lipinski definition) is 2. The third-order valence-electron chi connectivity index (χ3n) is 5.92. The van der Waals surface area contributed by atoms with Crippen molar-refractivity contribution in [1.29, 1.82) is 0 Å². The maximum atomic E-state index is 12.9. The minimum absolute atomic E-state index is 0.112. The van der Waals surface area contributed by atoms with Crippen LogP contribution in [0.4, 0.5) is 10.5 Å². The topological polar surface area (TPSA) is 83.6 Å². The minimum Gasteiger partial charge on any atom is -0.494 e. The maximum absolute atomic E-state index is 12.9. The molecule has 0 unspecified atom stereocenters. The van der Waals surface area contributed by atoms with E-state index in [1.807, 2.05) is 72.5 Å². The molecule has 0 bridgehead atoms. The van der Waals surface area contributed by atoms with Crippen molar-refractivity contribution in [2.45, 2.75) is 32.2 Å². The van der Waals surface area contributed by atoms with E-state index < -0.39 is 0 Å². The first-order chi connectivity index (χ1) is 16.6. The lowest BCUT2D eigenvalue weighted by Gasteiger charge is -2.33. The summed E-state index contributed by atoms with van der Waals surface area (Å²) in [6.45, 7) is 4.30. The zero-order valence-corrected chi connectivity index (χ0v) is 19.4. The van der Waals surface area contributed by atoms with Crippen LogP contribution < -0.4 is 15.4 Å². The fourth-order valence-corrected chi connectivity index (χ4v) is 4.16. The van der Waals surface area contributed by atoms with Crippen molar-refractivity contribution in [3.05, 3.63) is 89.7 Å². The summed E-state index contributed by atoms with van der Waals surface area (Å²) in [4.78, 5) is 31.5. The van der Waals surface area contributed by atoms with Crippen molar-refractivity contribution >= 4 is 17.6 Å². The van der Waals surface area contributed by atoms with Gasteiger partial charge in [0, 0.05) is 49.2 Å². The Balaban J connectivity index is 1.35. The number of aromatic nitrogens is 1. The summed E-state index contributed by atoms with van der Waals surface area (Å²) in [5, 5.41) is 5.93. The number of anilines is 1. The molecule has 2 N–H and O–H groups in total. The van der Waals surface area contributed by atoms with E-state index in [0.29, 0.717) is 31.8 Å². The number of pyridine rings is 1. The van der Waals surface area contributed by atoms with Crippen molar-refractivity contribution in [1.82, 2.24) is 15.2 Å². The van der Waals surface area contributed by atoms with Crippen LogP contribution in [0.2, 0.25) is 0 Å². The highest BCUT2D eigenvalue weighted by Gasteiger charge is 2.25. The lowest BCUT2D eigenvalue weighted by atomic mass is 9.89. The van der Waals surface area contributed by atoms with Crippen molar-refractivity contribution in [2.75, 3.05) is 25.0 Å². The molecule has 0 aliphatic carbocycles. The molecule has 3 aromatic rings. The highest BCUT2D eigenvalue weighted by molar-refractivity contribution is 5.94. The molecule has 0 radical (unpaired) electrons. The number of carbonyl (C=O) groups is 2. The summed E-state index contributed by atoms with van der Waals surface area (Å²) in [7, 11) is 0. The predicted molar refractivity (Wildman–Crippen MR) is 132 cm³/mol. The Morgan fingerprint density at radius 3 is 2.74 bits per heavy atom. The largest absolute Gasteiger partial charge is 0.494 e. The lowest BCUT2D eigenvalue weighted by molar-refractivity contribution is 0.0950. The van der Waals surface area contributed by atoms with Crippen molar-refractivity contribution in [2.24, 2.45) is 0 Å². The molecule has 2 aromatic carbocycles. The van der Waals surface area contributed by atoms with Crippen molar-refractivity contribution in [3.63, 3.8) is 0 Å². The van der Waals surface area contributed by atoms with Gasteiger partial charge in [0.05, 0.1) is 6.61 Å². The standard InChI is InChI=1S/C27H30N4O3/c1-2-34-25-12-10-24(11-13-25)30-27(33)31-15-5-9-23(19-31)21-7-3-8-22(16-21)26(32)29-18-20-6-4-14-28-17-20/h3-4,6-8,10-14,16-17,23H,2,5,9,15,18-19H2,1H3,(H,29,32)(H,30,33)/t23-/m0/s1. The molecule has 4 rings (SSSR count). The first-order valence-electron chi connectivity index (χ1n) is 11.7. The molecule has 3 amide bonds. The molecule has 2 heterocycles. The van der Waals surface area contributed by atoms with E-state index in [9.17, 15) is 9.59 Å². The SMILES string of the molecule is CCOc1ccc(NC(=O)N2CCC[C@H](c3cccc(C(=O)NCc4cccnc4)c3)C2)cc1. The molecule has 34 heavy (non-hydrogen) atoms. The highest BCUT2D eigenvalue weighted by atomic mass is 16.5. The van der Waals surface area contributed by atoms with Crippen LogP contribution in [0.15, 0.2) is 73.1 Å². The summed E-state index contributed by atoms with van der Waals surface area (Å²) in [6.07, 6.45) is 5.35. The highest BCUT2D eigenvalue weighted by Crippen LogP contribution is 2.28. The molecule has 1 aliphatic rings. The lowest BCUT2D eigenvalue weighted by Crippen LogP contribution is -2.41. The second-order valence-corrected chi connectivity index (χ2v) is 8.34. The number of nitrogens with one attached hydrogen (secondary N) is 2. The normalized spacial score (nSPS) is 15.4. The molecule has 1 aromatic heterocycles. The molecule has 1 saturated heterocycles. The maximum Gasteiger partial charge on any atom is 0.321 e. The van der Waals surface area contributed by atoms with Crippen molar-refractivity contribution in [3.8, 4) is 5.75 Å². The van der Waals surface area contributed by atoms with Crippen LogP contribution >= 0.6 is 0 Å². The summed E-state index contributed by atoms with van der Waals surface area (Å²) in [6, 6.07) is 18.8. The molecule has 1 atom stereocenters. The van der Waals surface area contributed by atoms with Gasteiger partial charge in [-0.05, 0) is 73.4 Å². The molecule has 7 nitrogen and oxygen atoms in total. The zero-order valence-electron chi connectivity index (χ0n) is 19.4. The van der Waals surface area contributed by atoms with Gasteiger partial charge in [0.25, 0.3) is 5.91 Å². The number of urea groups is 1. The molecular weight excluding hydrogens is 428 g/mol. The second-order valence-electron chi connectivity index (χ2n) is 8.34. The van der Waals surface area contributed by atoms with E-state index in [2.05, 4.69) is 15.6 Å². The van der Waals surface area contributed by atoms with Gasteiger partial charge in [-0.15, -0.1) is 0 Å². The Kier molecular flexibility index (Phi) is 7.75. The predicted octanol–water partition coefficient (Wildman–Crippen LogP) is 4.82. The van der Waals surface area contributed by atoms with Crippen LogP contribution in [-0.2, 0) is 6.54 Å². The first-order valence-corrected chi connectivity index (χ1v) is 11.7. The molecular formula is C27H30N4O3. The Labute approximate surface area is 200 Å². The first kappa shape index (κ1) is 23.3. The number of benzene rings is 2. The molecule has 0 saturated carbocycles. The number of rotatable bonds is 7. The fraction of sp³-hybridized carbons (Fsp3) is 0.296. The average molecular weight is 459 g/mol. The summed E-state index contributed by atoms with van der Waals surface area (Å²) in [5.74, 6) is 0.848. The Hall–Kier alpha value is -3.87. The van der Waals surface area contributed by atoms with Crippen LogP contribution in [0.25, 0.3) is 0 Å². The van der Waals surface area contributed by atoms with E-state index >= 15 is 0 Å². The molecule has 176 valence electrons. The second kappa shape index (κ2) is 11.3. The number of carbonyl (C=O) groups excluding carboxylic acids is 2. The number of likely N-dealkylation sites (tertiary alicyclic amines) is 1. The van der Waals surface area contributed by atoms with Crippen LogP contribution in [0.1, 0.15) is 47.2 Å². The third-order valence-corrected chi connectivity index (χ3v) is 5.92. The smallest absolute Gasteiger partial charge is 0.321 e. The van der Waals surface area contributed by atoms with E-state index in [0.717, 1.165) is 35.4 Å². The number of amides is 3. The number of ether oxygens (including phenoxy) is 1. The van der Waals surface area contributed by atoms with E-state index in [1.165, 1.54) is 0 Å². The summed E-state index contributed by atoms with van der Waals surface area (Å²) >= 11 is 0. The van der Waals surface area contributed by atoms with Gasteiger partial charge in [-0.25, -0.2) is 4.79 Å². The monoisotopic (exact) mass is 458 g/mol. The van der Waals surface area contributed by atoms with Crippen LogP contribution in [-0.4, -0.2) is 41.5 Å². The van der Waals surface area contributed by atoms with Gasteiger partial charge in [0.1, 0.15) is 5.75 Å². The third kappa shape index (κ3) is 6.13. The van der Waals surface area contributed by atoms with Crippen LogP contribution in [0.3, 0.4) is 0 Å². The van der Waals surface area contributed by atoms with E-state index in [1.54, 1.807) is 12.4 Å². The minimum atomic E-state index is -0.119. The quantitative estimate of drug-likeness (QED) is 0.532. The number of hydrogen-bond acceptors (Lipinski definition) is 4. The zero-order chi connectivity index (χ0) is 23.8. The number of nitrogens with zero attached hydrogens (tertiary/aromatic N) is 2. The summed E-state index contributed by atoms with van der Waals surface area (Å²) in [5.41, 5.74) is 3.39. The summed E-state index contributed by atoms with van der Waals surface area (Å²) < 4.78 is 5.45. The van der Waals surface area contributed by atoms with Crippen LogP contribution in [0.5, 0.6) is 5.75 Å². The fourth-order valence-electron chi connectivity index (χ4n) is 4.16. The van der Waals surface area contributed by atoms with Gasteiger partial charge < -0.3 is 20.3 Å². The molecule has 0 spiro atoms. The van der Waals surface area contributed by atoms with Gasteiger partial charge >= 0.3 is 6.03 Å². The Bertz CT molecular complexity index is 1100. The Morgan fingerprint density at radius 1 is 1.12 bits per heavy atom. The molecule has 1 aliphatic heterocycles. The Morgan fingerprint density at radius 2 is 1.97 bits per heavy atom. The average Bonchev–Trinajstić information content (AvgIpc) is 2.89. The molecule has 7 heteroatoms. The van der Waals surface area contributed by atoms with Crippen molar-refractivity contribution < 1.29 is 14.3 Å². The van der Waals surface area contributed by atoms with Gasteiger partial charge in [-0.2, -0.15) is 0 Å². The van der Waals surface area contributed by atoms with Gasteiger partial charge in [-0.3, -0.25) is 9.78 Å². The van der Waals surface area contributed by atoms with Gasteiger partial charge in [0.2, 0.25) is 0 Å². The van der Waals surface area contributed by atoms with Crippen LogP contribution in [0, 0.1) is 0 Å². The van der Waals surface area contributed by atoms with Gasteiger partial charge in [-0.1, -0.05) is 18.2 Å².